The first-order valence-corrected chi connectivity index (χ1v) is 9.89. The van der Waals surface area contributed by atoms with E-state index in [1.807, 2.05) is 6.92 Å². The maximum Gasteiger partial charge on any atom is 0.244 e. The predicted molar refractivity (Wildman–Crippen MR) is 96.5 cm³/mol. The van der Waals surface area contributed by atoms with Gasteiger partial charge in [0, 0.05) is 18.4 Å². The van der Waals surface area contributed by atoms with Crippen molar-refractivity contribution in [3.63, 3.8) is 0 Å². The Bertz CT molecular complexity index is 858. The summed E-state index contributed by atoms with van der Waals surface area (Å²) in [5.41, 5.74) is 1.81. The Morgan fingerprint density at radius 3 is 2.80 bits per heavy atom. The highest BCUT2D eigenvalue weighted by molar-refractivity contribution is 7.89. The number of benzene rings is 1. The maximum atomic E-state index is 12.9. The van der Waals surface area contributed by atoms with E-state index >= 15 is 0 Å². The third kappa shape index (κ3) is 3.93. The Morgan fingerprint density at radius 2 is 2.16 bits per heavy atom. The molecular weight excluding hydrogens is 338 g/mol. The van der Waals surface area contributed by atoms with Crippen LogP contribution in [0.1, 0.15) is 32.6 Å². The Morgan fingerprint density at radius 1 is 1.32 bits per heavy atom. The van der Waals surface area contributed by atoms with Crippen molar-refractivity contribution >= 4 is 10.0 Å². The number of nitrogens with zero attached hydrogens (tertiary/aromatic N) is 2. The molecule has 0 saturated heterocycles. The van der Waals surface area contributed by atoms with Gasteiger partial charge in [-0.3, -0.25) is 0 Å². The molecule has 1 atom stereocenters. The molecule has 1 unspecified atom stereocenters. The van der Waals surface area contributed by atoms with Gasteiger partial charge in [-0.25, -0.2) is 17.8 Å². The molecule has 1 aliphatic rings. The van der Waals surface area contributed by atoms with E-state index in [0.29, 0.717) is 11.4 Å². The van der Waals surface area contributed by atoms with Crippen LogP contribution < -0.4 is 9.46 Å². The molecular formula is C18H23N3O3S. The van der Waals surface area contributed by atoms with Crippen molar-refractivity contribution in [2.45, 2.75) is 43.5 Å². The molecule has 0 fully saturated rings. The molecule has 1 aromatic carbocycles. The van der Waals surface area contributed by atoms with E-state index in [4.69, 9.17) is 4.74 Å². The van der Waals surface area contributed by atoms with Crippen LogP contribution in [0.4, 0.5) is 0 Å². The second-order valence-corrected chi connectivity index (χ2v) is 7.84. The van der Waals surface area contributed by atoms with Crippen LogP contribution in [0, 0.1) is 0 Å². The topological polar surface area (TPSA) is 73.2 Å². The first-order chi connectivity index (χ1) is 12.0. The summed E-state index contributed by atoms with van der Waals surface area (Å²) < 4.78 is 35.5. The van der Waals surface area contributed by atoms with Crippen LogP contribution in [0.25, 0.3) is 5.69 Å². The van der Waals surface area contributed by atoms with Crippen molar-refractivity contribution in [2.75, 3.05) is 7.11 Å². The van der Waals surface area contributed by atoms with Crippen LogP contribution in [0.15, 0.2) is 53.2 Å². The van der Waals surface area contributed by atoms with Gasteiger partial charge in [-0.1, -0.05) is 11.6 Å². The summed E-state index contributed by atoms with van der Waals surface area (Å²) in [5.74, 6) is 0.313. The third-order valence-corrected chi connectivity index (χ3v) is 5.98. The van der Waals surface area contributed by atoms with E-state index in [0.717, 1.165) is 24.8 Å². The number of methoxy groups -OCH3 is 1. The molecule has 1 N–H and O–H groups in total. The van der Waals surface area contributed by atoms with Gasteiger partial charge >= 0.3 is 0 Å². The van der Waals surface area contributed by atoms with E-state index < -0.39 is 10.0 Å². The second kappa shape index (κ2) is 7.41. The van der Waals surface area contributed by atoms with E-state index in [-0.39, 0.29) is 10.9 Å². The minimum Gasteiger partial charge on any atom is -0.495 e. The highest BCUT2D eigenvalue weighted by atomic mass is 32.2. The lowest BCUT2D eigenvalue weighted by molar-refractivity contribution is 0.402. The van der Waals surface area contributed by atoms with E-state index in [1.54, 1.807) is 41.3 Å². The molecule has 134 valence electrons. The smallest absolute Gasteiger partial charge is 0.244 e. The van der Waals surface area contributed by atoms with Crippen LogP contribution in [0.5, 0.6) is 5.75 Å². The van der Waals surface area contributed by atoms with Gasteiger partial charge in [0.05, 0.1) is 12.8 Å². The van der Waals surface area contributed by atoms with Gasteiger partial charge in [-0.05, 0) is 56.9 Å². The molecule has 0 bridgehead atoms. The van der Waals surface area contributed by atoms with Gasteiger partial charge in [-0.2, -0.15) is 5.10 Å². The van der Waals surface area contributed by atoms with Gasteiger partial charge in [0.15, 0.2) is 0 Å². The van der Waals surface area contributed by atoms with Gasteiger partial charge in [0.25, 0.3) is 0 Å². The van der Waals surface area contributed by atoms with Gasteiger partial charge in [0.2, 0.25) is 10.0 Å². The summed E-state index contributed by atoms with van der Waals surface area (Å²) in [7, 11) is -2.25. The average molecular weight is 361 g/mol. The number of hydrogen-bond acceptors (Lipinski definition) is 4. The van der Waals surface area contributed by atoms with Crippen molar-refractivity contribution in [3.05, 3.63) is 48.3 Å². The summed E-state index contributed by atoms with van der Waals surface area (Å²) in [6.07, 6.45) is 9.79. The normalized spacial score (nSPS) is 16.3. The van der Waals surface area contributed by atoms with Crippen molar-refractivity contribution in [2.24, 2.45) is 0 Å². The van der Waals surface area contributed by atoms with Crippen LogP contribution in [0.3, 0.4) is 0 Å². The fourth-order valence-electron chi connectivity index (χ4n) is 3.07. The van der Waals surface area contributed by atoms with Gasteiger partial charge in [-0.15, -0.1) is 0 Å². The third-order valence-electron chi connectivity index (χ3n) is 4.42. The fourth-order valence-corrected chi connectivity index (χ4v) is 4.50. The number of ether oxygens (including phenoxy) is 1. The Balaban J connectivity index is 1.92. The minimum atomic E-state index is -3.72. The summed E-state index contributed by atoms with van der Waals surface area (Å²) >= 11 is 0. The molecule has 0 radical (unpaired) electrons. The molecule has 25 heavy (non-hydrogen) atoms. The molecule has 6 nitrogen and oxygen atoms in total. The second-order valence-electron chi connectivity index (χ2n) is 6.15. The average Bonchev–Trinajstić information content (AvgIpc) is 3.16. The minimum absolute atomic E-state index is 0.117. The molecule has 0 saturated carbocycles. The molecule has 0 amide bonds. The summed E-state index contributed by atoms with van der Waals surface area (Å²) in [6.45, 7) is 1.89. The standard InChI is InChI=1S/C18H23N3O3S/c1-14(15-7-4-3-5-8-15)20-25(22,23)18-13-16(9-10-17(18)24-2)21-12-6-11-19-21/h6-7,9-14,20H,3-5,8H2,1-2H3. The summed E-state index contributed by atoms with van der Waals surface area (Å²) in [6, 6.07) is 6.56. The Hall–Kier alpha value is -2.12. The number of hydrogen-bond donors (Lipinski definition) is 1. The molecule has 2 aromatic rings. The highest BCUT2D eigenvalue weighted by Gasteiger charge is 2.24. The van der Waals surface area contributed by atoms with Crippen molar-refractivity contribution < 1.29 is 13.2 Å². The van der Waals surface area contributed by atoms with Crippen LogP contribution >= 0.6 is 0 Å². The largest absolute Gasteiger partial charge is 0.495 e. The summed E-state index contributed by atoms with van der Waals surface area (Å²) in [4.78, 5) is 0.117. The molecule has 0 aliphatic heterocycles. The van der Waals surface area contributed by atoms with Crippen LogP contribution in [-0.4, -0.2) is 31.3 Å². The van der Waals surface area contributed by atoms with Crippen molar-refractivity contribution in [3.8, 4) is 11.4 Å². The molecule has 1 heterocycles. The molecule has 3 rings (SSSR count). The van der Waals surface area contributed by atoms with Gasteiger partial charge in [0.1, 0.15) is 10.6 Å². The Kier molecular flexibility index (Phi) is 5.24. The highest BCUT2D eigenvalue weighted by Crippen LogP contribution is 2.28. The number of allylic oxidation sites excluding steroid dienone is 1. The fraction of sp³-hybridized carbons (Fsp3) is 0.389. The lowest BCUT2D eigenvalue weighted by atomic mass is 9.95. The first kappa shape index (κ1) is 17.7. The predicted octanol–water partition coefficient (Wildman–Crippen LogP) is 3.05. The number of aromatic nitrogens is 2. The van der Waals surface area contributed by atoms with E-state index in [1.165, 1.54) is 13.5 Å². The van der Waals surface area contributed by atoms with Gasteiger partial charge < -0.3 is 4.74 Å². The lowest BCUT2D eigenvalue weighted by Gasteiger charge is -2.21. The molecule has 1 aliphatic carbocycles. The quantitative estimate of drug-likeness (QED) is 0.803. The zero-order valence-corrected chi connectivity index (χ0v) is 15.3. The Labute approximate surface area is 148 Å². The van der Waals surface area contributed by atoms with E-state index in [2.05, 4.69) is 15.9 Å². The zero-order valence-electron chi connectivity index (χ0n) is 14.5. The molecule has 7 heteroatoms. The summed E-state index contributed by atoms with van der Waals surface area (Å²) in [5, 5.41) is 4.15. The number of sulfonamides is 1. The SMILES string of the molecule is COc1ccc(-n2cccn2)cc1S(=O)(=O)NC(C)C1=CCCCC1. The number of rotatable bonds is 6. The van der Waals surface area contributed by atoms with Crippen LogP contribution in [0.2, 0.25) is 0 Å². The maximum absolute atomic E-state index is 12.9. The number of nitrogens with one attached hydrogen (secondary N) is 1. The van der Waals surface area contributed by atoms with Crippen molar-refractivity contribution in [1.82, 2.24) is 14.5 Å². The van der Waals surface area contributed by atoms with Crippen molar-refractivity contribution in [1.29, 1.82) is 0 Å². The zero-order chi connectivity index (χ0) is 17.9. The molecule has 0 spiro atoms. The molecule has 1 aromatic heterocycles. The monoisotopic (exact) mass is 361 g/mol. The van der Waals surface area contributed by atoms with Crippen LogP contribution in [-0.2, 0) is 10.0 Å². The lowest BCUT2D eigenvalue weighted by Crippen LogP contribution is -2.34. The van der Waals surface area contributed by atoms with E-state index in [9.17, 15) is 8.42 Å². The first-order valence-electron chi connectivity index (χ1n) is 8.40.